The topological polar surface area (TPSA) is 15.3 Å². The minimum absolute atomic E-state index is 0.805. The molecule has 0 radical (unpaired) electrons. The third-order valence-corrected chi connectivity index (χ3v) is 4.73. The van der Waals surface area contributed by atoms with Crippen LogP contribution in [0.5, 0.6) is 0 Å². The Hall–Kier alpha value is -0.0800. The molecule has 0 spiro atoms. The van der Waals surface area contributed by atoms with Crippen LogP contribution >= 0.6 is 0 Å². The van der Waals surface area contributed by atoms with Crippen LogP contribution in [0.1, 0.15) is 58.3 Å². The van der Waals surface area contributed by atoms with E-state index in [9.17, 15) is 0 Å². The summed E-state index contributed by atoms with van der Waals surface area (Å²) < 4.78 is 0. The maximum Gasteiger partial charge on any atom is 0.00939 e. The zero-order valence-electron chi connectivity index (χ0n) is 11.8. The third-order valence-electron chi connectivity index (χ3n) is 4.73. The summed E-state index contributed by atoms with van der Waals surface area (Å²) in [5, 5.41) is 3.91. The van der Waals surface area contributed by atoms with Crippen molar-refractivity contribution in [1.82, 2.24) is 10.2 Å². The highest BCUT2D eigenvalue weighted by atomic mass is 15.1. The number of piperidine rings is 1. The van der Waals surface area contributed by atoms with Crippen molar-refractivity contribution in [2.24, 2.45) is 5.92 Å². The van der Waals surface area contributed by atoms with Crippen molar-refractivity contribution in [1.29, 1.82) is 0 Å². The number of hydrogen-bond donors (Lipinski definition) is 1. The molecule has 1 N–H and O–H groups in total. The van der Waals surface area contributed by atoms with Crippen LogP contribution in [0.3, 0.4) is 0 Å². The molecule has 1 saturated heterocycles. The predicted molar refractivity (Wildman–Crippen MR) is 74.3 cm³/mol. The van der Waals surface area contributed by atoms with E-state index in [1.165, 1.54) is 64.5 Å². The van der Waals surface area contributed by atoms with Gasteiger partial charge in [-0.25, -0.2) is 0 Å². The van der Waals surface area contributed by atoms with Crippen LogP contribution in [-0.4, -0.2) is 37.1 Å². The van der Waals surface area contributed by atoms with Gasteiger partial charge in [0.15, 0.2) is 0 Å². The zero-order chi connectivity index (χ0) is 12.1. The van der Waals surface area contributed by atoms with Crippen molar-refractivity contribution < 1.29 is 0 Å². The Bertz CT molecular complexity index is 201. The molecule has 2 aliphatic rings. The summed E-state index contributed by atoms with van der Waals surface area (Å²) in [5.41, 5.74) is 0. The van der Waals surface area contributed by atoms with Gasteiger partial charge in [0.05, 0.1) is 0 Å². The number of likely N-dealkylation sites (tertiary alicyclic amines) is 1. The summed E-state index contributed by atoms with van der Waals surface area (Å²) in [6, 6.07) is 1.63. The van der Waals surface area contributed by atoms with Crippen LogP contribution in [0.2, 0.25) is 0 Å². The monoisotopic (exact) mass is 238 g/mol. The van der Waals surface area contributed by atoms with Crippen LogP contribution in [0, 0.1) is 5.92 Å². The lowest BCUT2D eigenvalue weighted by Crippen LogP contribution is -2.46. The Morgan fingerprint density at radius 3 is 2.12 bits per heavy atom. The molecule has 1 aliphatic carbocycles. The Morgan fingerprint density at radius 2 is 1.53 bits per heavy atom. The van der Waals surface area contributed by atoms with Gasteiger partial charge in [0.25, 0.3) is 0 Å². The highest BCUT2D eigenvalue weighted by Gasteiger charge is 2.24. The van der Waals surface area contributed by atoms with Crippen molar-refractivity contribution in [3.8, 4) is 0 Å². The lowest BCUT2D eigenvalue weighted by molar-refractivity contribution is 0.200. The lowest BCUT2D eigenvalue weighted by Gasteiger charge is -2.35. The number of nitrogens with zero attached hydrogens (tertiary/aromatic N) is 1. The normalized spacial score (nSPS) is 32.8. The summed E-state index contributed by atoms with van der Waals surface area (Å²) in [6.45, 7) is 4.88. The van der Waals surface area contributed by atoms with E-state index in [0.29, 0.717) is 0 Å². The fraction of sp³-hybridized carbons (Fsp3) is 1.00. The maximum absolute atomic E-state index is 3.91. The van der Waals surface area contributed by atoms with E-state index in [-0.39, 0.29) is 0 Å². The molecule has 17 heavy (non-hydrogen) atoms. The molecule has 0 amide bonds. The molecular formula is C15H30N2. The SMILES string of the molecule is CCCC1CCC(NC2CCN(C)CC2)CC1. The van der Waals surface area contributed by atoms with Gasteiger partial charge in [-0.15, -0.1) is 0 Å². The lowest BCUT2D eigenvalue weighted by atomic mass is 9.83. The van der Waals surface area contributed by atoms with E-state index in [0.717, 1.165) is 18.0 Å². The van der Waals surface area contributed by atoms with Crippen LogP contribution in [0.15, 0.2) is 0 Å². The minimum atomic E-state index is 0.805. The second-order valence-corrected chi connectivity index (χ2v) is 6.25. The summed E-state index contributed by atoms with van der Waals surface area (Å²) in [6.07, 6.45) is 11.3. The van der Waals surface area contributed by atoms with E-state index in [1.807, 2.05) is 0 Å². The predicted octanol–water partition coefficient (Wildman–Crippen LogP) is 3.03. The van der Waals surface area contributed by atoms with Gasteiger partial charge in [-0.1, -0.05) is 19.8 Å². The minimum Gasteiger partial charge on any atom is -0.311 e. The van der Waals surface area contributed by atoms with Crippen molar-refractivity contribution >= 4 is 0 Å². The van der Waals surface area contributed by atoms with E-state index in [1.54, 1.807) is 0 Å². The molecule has 0 atom stereocenters. The molecule has 2 heteroatoms. The average Bonchev–Trinajstić information content (AvgIpc) is 2.35. The largest absolute Gasteiger partial charge is 0.311 e. The first-order valence-corrected chi connectivity index (χ1v) is 7.72. The highest BCUT2D eigenvalue weighted by molar-refractivity contribution is 4.83. The fourth-order valence-electron chi connectivity index (χ4n) is 3.53. The van der Waals surface area contributed by atoms with Crippen LogP contribution in [-0.2, 0) is 0 Å². The average molecular weight is 238 g/mol. The summed E-state index contributed by atoms with van der Waals surface area (Å²) >= 11 is 0. The number of nitrogens with one attached hydrogen (secondary N) is 1. The molecule has 1 heterocycles. The molecule has 0 aromatic rings. The van der Waals surface area contributed by atoms with Crippen molar-refractivity contribution in [3.05, 3.63) is 0 Å². The van der Waals surface area contributed by atoms with E-state index < -0.39 is 0 Å². The first-order chi connectivity index (χ1) is 8.28. The van der Waals surface area contributed by atoms with Gasteiger partial charge in [0, 0.05) is 12.1 Å². The molecule has 2 fully saturated rings. The van der Waals surface area contributed by atoms with Crippen molar-refractivity contribution in [2.45, 2.75) is 70.4 Å². The van der Waals surface area contributed by atoms with E-state index in [4.69, 9.17) is 0 Å². The molecule has 1 saturated carbocycles. The van der Waals surface area contributed by atoms with Crippen molar-refractivity contribution in [2.75, 3.05) is 20.1 Å². The summed E-state index contributed by atoms with van der Waals surface area (Å²) in [4.78, 5) is 2.45. The molecule has 0 aromatic carbocycles. The van der Waals surface area contributed by atoms with Crippen LogP contribution in [0.4, 0.5) is 0 Å². The summed E-state index contributed by atoms with van der Waals surface area (Å²) in [7, 11) is 2.24. The summed E-state index contributed by atoms with van der Waals surface area (Å²) in [5.74, 6) is 1.04. The molecule has 0 aromatic heterocycles. The quantitative estimate of drug-likeness (QED) is 0.810. The smallest absolute Gasteiger partial charge is 0.00939 e. The first-order valence-electron chi connectivity index (χ1n) is 7.72. The Labute approximate surface area is 107 Å². The molecule has 2 rings (SSSR count). The zero-order valence-corrected chi connectivity index (χ0v) is 11.8. The van der Waals surface area contributed by atoms with Gasteiger partial charge < -0.3 is 10.2 Å². The fourth-order valence-corrected chi connectivity index (χ4v) is 3.53. The Balaban J connectivity index is 1.64. The molecule has 100 valence electrons. The third kappa shape index (κ3) is 4.26. The van der Waals surface area contributed by atoms with Gasteiger partial charge in [-0.05, 0) is 64.6 Å². The van der Waals surface area contributed by atoms with E-state index >= 15 is 0 Å². The van der Waals surface area contributed by atoms with Gasteiger partial charge >= 0.3 is 0 Å². The van der Waals surface area contributed by atoms with Gasteiger partial charge in [-0.3, -0.25) is 0 Å². The van der Waals surface area contributed by atoms with Crippen molar-refractivity contribution in [3.63, 3.8) is 0 Å². The first kappa shape index (κ1) is 13.4. The highest BCUT2D eigenvalue weighted by Crippen LogP contribution is 2.28. The van der Waals surface area contributed by atoms with E-state index in [2.05, 4.69) is 24.2 Å². The van der Waals surface area contributed by atoms with Gasteiger partial charge in [0.2, 0.25) is 0 Å². The Morgan fingerprint density at radius 1 is 0.941 bits per heavy atom. The molecule has 0 bridgehead atoms. The maximum atomic E-state index is 3.91. The second kappa shape index (κ2) is 6.75. The van der Waals surface area contributed by atoms with Crippen LogP contribution in [0.25, 0.3) is 0 Å². The molecular weight excluding hydrogens is 208 g/mol. The van der Waals surface area contributed by atoms with Crippen LogP contribution < -0.4 is 5.32 Å². The van der Waals surface area contributed by atoms with Gasteiger partial charge in [0.1, 0.15) is 0 Å². The number of hydrogen-bond acceptors (Lipinski definition) is 2. The Kier molecular flexibility index (Phi) is 5.30. The second-order valence-electron chi connectivity index (χ2n) is 6.25. The number of rotatable bonds is 4. The molecule has 2 nitrogen and oxygen atoms in total. The standard InChI is InChI=1S/C15H30N2/c1-3-4-13-5-7-14(8-6-13)16-15-9-11-17(2)12-10-15/h13-16H,3-12H2,1-2H3. The molecule has 0 unspecified atom stereocenters. The van der Waals surface area contributed by atoms with Gasteiger partial charge in [-0.2, -0.15) is 0 Å². The molecule has 1 aliphatic heterocycles.